The van der Waals surface area contributed by atoms with Crippen molar-refractivity contribution in [1.29, 1.82) is 0 Å². The number of nitrogens with one attached hydrogen (secondary N) is 2. The first-order valence-electron chi connectivity index (χ1n) is 17.2. The lowest BCUT2D eigenvalue weighted by atomic mass is 9.98. The minimum absolute atomic E-state index is 0.226. The summed E-state index contributed by atoms with van der Waals surface area (Å²) in [6, 6.07) is 6.56. The molecule has 0 aliphatic heterocycles. The molecule has 18 nitrogen and oxygen atoms in total. The molecule has 0 atom stereocenters. The molecule has 4 amide bonds. The second kappa shape index (κ2) is 20.6. The van der Waals surface area contributed by atoms with Crippen LogP contribution in [0, 0.1) is 0 Å². The van der Waals surface area contributed by atoms with Gasteiger partial charge in [-0.2, -0.15) is 0 Å². The monoisotopic (exact) mass is 812 g/mol. The fourth-order valence-electron chi connectivity index (χ4n) is 5.41. The van der Waals surface area contributed by atoms with E-state index in [1.807, 2.05) is 13.8 Å². The van der Waals surface area contributed by atoms with Crippen molar-refractivity contribution >= 4 is 90.6 Å². The molecular formula is C36H40N6O12S2. The fraction of sp³-hybridized carbons (Fsp3) is 0.389. The third kappa shape index (κ3) is 11.0. The van der Waals surface area contributed by atoms with Crippen LogP contribution in [0.15, 0.2) is 35.3 Å². The van der Waals surface area contributed by atoms with Gasteiger partial charge in [0.2, 0.25) is 23.4 Å². The van der Waals surface area contributed by atoms with Crippen molar-refractivity contribution in [2.75, 3.05) is 66.7 Å². The number of nitrogens with zero attached hydrogens (tertiary/aromatic N) is 4. The molecule has 4 rings (SSSR count). The highest BCUT2D eigenvalue weighted by molar-refractivity contribution is 7.17. The summed E-state index contributed by atoms with van der Waals surface area (Å²) in [4.78, 5) is 111. The Morgan fingerprint density at radius 2 is 1.02 bits per heavy atom. The molecule has 0 saturated carbocycles. The highest BCUT2D eigenvalue weighted by Crippen LogP contribution is 2.38. The summed E-state index contributed by atoms with van der Waals surface area (Å²) in [5, 5.41) is 4.54. The Kier molecular flexibility index (Phi) is 15.7. The summed E-state index contributed by atoms with van der Waals surface area (Å²) in [6.45, 7) is 1.32. The van der Waals surface area contributed by atoms with E-state index in [-0.39, 0.29) is 37.3 Å². The number of aromatic nitrogens is 2. The van der Waals surface area contributed by atoms with Crippen LogP contribution in [0.2, 0.25) is 0 Å². The highest BCUT2D eigenvalue weighted by Gasteiger charge is 2.24. The Bertz CT molecular complexity index is 1970. The van der Waals surface area contributed by atoms with Crippen molar-refractivity contribution < 1.29 is 57.3 Å². The number of ketones is 2. The van der Waals surface area contributed by atoms with Crippen LogP contribution >= 0.6 is 22.7 Å². The maximum absolute atomic E-state index is 13.3. The van der Waals surface area contributed by atoms with Crippen LogP contribution in [-0.4, -0.2) is 134 Å². The number of amides is 4. The maximum atomic E-state index is 13.3. The Morgan fingerprint density at radius 3 is 1.38 bits per heavy atom. The van der Waals surface area contributed by atoms with Gasteiger partial charge in [-0.25, -0.2) is 19.6 Å². The Labute approximate surface area is 328 Å². The number of hydrogen-bond acceptors (Lipinski definition) is 16. The van der Waals surface area contributed by atoms with E-state index >= 15 is 0 Å². The van der Waals surface area contributed by atoms with E-state index in [1.165, 1.54) is 32.5 Å². The summed E-state index contributed by atoms with van der Waals surface area (Å²) in [6.07, 6.45) is -0.508. The smallest absolute Gasteiger partial charge is 0.407 e. The molecule has 0 fully saturated rings. The van der Waals surface area contributed by atoms with Crippen molar-refractivity contribution in [3.63, 3.8) is 0 Å². The van der Waals surface area contributed by atoms with E-state index in [1.54, 1.807) is 35.3 Å². The first-order chi connectivity index (χ1) is 26.9. The van der Waals surface area contributed by atoms with E-state index < -0.39 is 73.8 Å². The molecule has 56 heavy (non-hydrogen) atoms. The summed E-state index contributed by atoms with van der Waals surface area (Å²) in [7, 11) is 2.32. The number of benzene rings is 2. The number of hydrogen-bond donors (Lipinski definition) is 2. The van der Waals surface area contributed by atoms with Gasteiger partial charge < -0.3 is 39.4 Å². The zero-order valence-corrected chi connectivity index (χ0v) is 32.7. The van der Waals surface area contributed by atoms with Gasteiger partial charge in [0, 0.05) is 35.3 Å². The lowest BCUT2D eigenvalue weighted by Crippen LogP contribution is -2.43. The van der Waals surface area contributed by atoms with Crippen LogP contribution < -0.4 is 10.6 Å². The molecule has 4 aromatic rings. The Hall–Kier alpha value is -6.02. The van der Waals surface area contributed by atoms with Gasteiger partial charge in [-0.1, -0.05) is 26.0 Å². The maximum Gasteiger partial charge on any atom is 0.407 e. The third-order valence-electron chi connectivity index (χ3n) is 8.06. The van der Waals surface area contributed by atoms with Crippen LogP contribution in [0.25, 0.3) is 31.6 Å². The number of esters is 2. The molecule has 0 spiro atoms. The van der Waals surface area contributed by atoms with E-state index in [0.29, 0.717) is 44.4 Å². The normalized spacial score (nSPS) is 10.7. The van der Waals surface area contributed by atoms with Gasteiger partial charge in [-0.3, -0.25) is 28.8 Å². The number of thiazole rings is 2. The molecule has 0 saturated heterocycles. The average Bonchev–Trinajstić information content (AvgIpc) is 3.90. The lowest BCUT2D eigenvalue weighted by molar-refractivity contribution is -0.148. The minimum Gasteiger partial charge on any atom is -0.456 e. The highest BCUT2D eigenvalue weighted by atomic mass is 32.1. The van der Waals surface area contributed by atoms with Gasteiger partial charge in [0.1, 0.15) is 26.2 Å². The molecule has 2 N–H and O–H groups in total. The van der Waals surface area contributed by atoms with Gasteiger partial charge in [-0.05, 0) is 25.0 Å². The van der Waals surface area contributed by atoms with Crippen LogP contribution in [0.5, 0.6) is 0 Å². The molecule has 2 aromatic heterocycles. The van der Waals surface area contributed by atoms with Crippen molar-refractivity contribution in [1.82, 2.24) is 30.4 Å². The summed E-state index contributed by atoms with van der Waals surface area (Å²) in [5.41, 5.74) is 5.92. The van der Waals surface area contributed by atoms with Gasteiger partial charge in [-0.15, -0.1) is 22.7 Å². The number of rotatable bonds is 19. The zero-order valence-electron chi connectivity index (χ0n) is 31.0. The number of fused-ring (bicyclic) bond motifs is 2. The zero-order chi connectivity index (χ0) is 40.8. The first-order valence-corrected chi connectivity index (χ1v) is 19.0. The molecule has 2 heterocycles. The molecule has 0 unspecified atom stereocenters. The topological polar surface area (TPSA) is 230 Å². The number of alkyl carbamates (subject to hydrolysis) is 2. The number of ether oxygens (including phenoxy) is 4. The second-order valence-corrected chi connectivity index (χ2v) is 13.6. The Morgan fingerprint density at radius 1 is 0.625 bits per heavy atom. The van der Waals surface area contributed by atoms with E-state index in [9.17, 15) is 38.4 Å². The molecule has 0 radical (unpaired) electrons. The van der Waals surface area contributed by atoms with Crippen molar-refractivity contribution in [2.45, 2.75) is 26.7 Å². The molecule has 2 aromatic carbocycles. The summed E-state index contributed by atoms with van der Waals surface area (Å²) >= 11 is 2.43. The lowest BCUT2D eigenvalue weighted by Gasteiger charge is -2.21. The van der Waals surface area contributed by atoms with E-state index in [0.717, 1.165) is 14.2 Å². The minimum atomic E-state index is -0.802. The molecular weight excluding hydrogens is 773 g/mol. The number of carbonyl (C=O) groups is 8. The second-order valence-electron chi connectivity index (χ2n) is 11.9. The summed E-state index contributed by atoms with van der Waals surface area (Å²) in [5.74, 6) is -3.63. The van der Waals surface area contributed by atoms with Crippen LogP contribution in [-0.2, 0) is 38.1 Å². The van der Waals surface area contributed by atoms with Gasteiger partial charge >= 0.3 is 24.1 Å². The first kappa shape index (κ1) is 42.7. The average molecular weight is 813 g/mol. The van der Waals surface area contributed by atoms with Gasteiger partial charge in [0.15, 0.2) is 13.2 Å². The van der Waals surface area contributed by atoms with Crippen LogP contribution in [0.4, 0.5) is 9.59 Å². The number of methoxy groups -OCH3 is 2. The van der Waals surface area contributed by atoms with Gasteiger partial charge in [0.05, 0.1) is 45.7 Å². The molecule has 20 heteroatoms. The van der Waals surface area contributed by atoms with E-state index in [4.69, 9.17) is 9.47 Å². The van der Waals surface area contributed by atoms with Crippen molar-refractivity contribution in [2.24, 2.45) is 0 Å². The molecule has 0 aliphatic carbocycles. The molecule has 0 aliphatic rings. The fourth-order valence-corrected chi connectivity index (χ4v) is 7.11. The predicted molar refractivity (Wildman–Crippen MR) is 203 cm³/mol. The standard InChI is InChI=1S/C36H40N6O12S2/c1-5-11-41(27(45)13-37-35(49)51-3)15-29(47)53-17-25(43)23-9-7-21(31-33(23)55-19-39-31)22-8-10-24(34-32(22)40-20-56-34)26(44)18-54-30(48)16-42(12-6-2)28(46)14-38-36(50)52-4/h7-10,19-20H,5-6,11-18H2,1-4H3,(H,37,49)(H,38,50). The molecule has 298 valence electrons. The third-order valence-corrected chi connectivity index (χ3v) is 9.78. The number of carbonyl (C=O) groups excluding carboxylic acids is 8. The largest absolute Gasteiger partial charge is 0.456 e. The quantitative estimate of drug-likeness (QED) is 0.0787. The number of Topliss-reactive ketones (excluding diaryl/α,β-unsaturated/α-hetero) is 2. The van der Waals surface area contributed by atoms with Crippen LogP contribution in [0.3, 0.4) is 0 Å². The van der Waals surface area contributed by atoms with E-state index in [2.05, 4.69) is 30.1 Å². The van der Waals surface area contributed by atoms with Crippen molar-refractivity contribution in [3.05, 3.63) is 46.4 Å². The predicted octanol–water partition coefficient (Wildman–Crippen LogP) is 3.21. The Balaban J connectivity index is 1.43. The SMILES string of the molecule is CCCN(CC(=O)OCC(=O)c1ccc(-c2ccc(C(=O)COC(=O)CN(CCC)C(=O)CNC(=O)OC)c3scnc23)c2ncsc12)C(=O)CNC(=O)OC. The molecule has 0 bridgehead atoms. The van der Waals surface area contributed by atoms with Crippen LogP contribution in [0.1, 0.15) is 47.4 Å². The van der Waals surface area contributed by atoms with Gasteiger partial charge in [0.25, 0.3) is 0 Å². The van der Waals surface area contributed by atoms with Crippen molar-refractivity contribution in [3.8, 4) is 11.1 Å². The summed E-state index contributed by atoms with van der Waals surface area (Å²) < 4.78 is 20.5.